The van der Waals surface area contributed by atoms with E-state index in [1.54, 1.807) is 27.7 Å². The average molecular weight is 827 g/mol. The first-order valence-electron chi connectivity index (χ1n) is 21.5. The first-order chi connectivity index (χ1) is 27.2. The van der Waals surface area contributed by atoms with Gasteiger partial charge in [-0.3, -0.25) is 28.8 Å². The molecule has 14 nitrogen and oxygen atoms in total. The molecule has 0 radical (unpaired) electrons. The Balaban J connectivity index is 2.13. The normalized spacial score (nSPS) is 21.1. The second-order valence-electron chi connectivity index (χ2n) is 18.0. The molecule has 2 rings (SSSR count). The zero-order valence-electron chi connectivity index (χ0n) is 37.3. The van der Waals surface area contributed by atoms with Crippen LogP contribution >= 0.6 is 0 Å². The van der Waals surface area contributed by atoms with Gasteiger partial charge in [0.05, 0.1) is 41.8 Å². The Kier molecular flexibility index (Phi) is 21.2. The summed E-state index contributed by atoms with van der Waals surface area (Å²) in [6.45, 7) is 20.5. The highest BCUT2D eigenvalue weighted by Crippen LogP contribution is 2.46. The first-order valence-corrected chi connectivity index (χ1v) is 21.5. The van der Waals surface area contributed by atoms with Gasteiger partial charge >= 0.3 is 35.8 Å². The summed E-state index contributed by atoms with van der Waals surface area (Å²) in [6.07, 6.45) is 4.59. The van der Waals surface area contributed by atoms with Crippen LogP contribution in [-0.4, -0.2) is 88.0 Å². The molecule has 2 aliphatic rings. The molecule has 7 unspecified atom stereocenters. The maximum absolute atomic E-state index is 14.1. The number of rotatable bonds is 24. The van der Waals surface area contributed by atoms with E-state index >= 15 is 0 Å². The van der Waals surface area contributed by atoms with E-state index in [9.17, 15) is 28.8 Å². The van der Waals surface area contributed by atoms with Gasteiger partial charge in [-0.05, 0) is 82.5 Å². The van der Waals surface area contributed by atoms with Gasteiger partial charge in [0, 0.05) is 19.3 Å². The lowest BCUT2D eigenvalue weighted by Gasteiger charge is -2.41. The zero-order valence-corrected chi connectivity index (χ0v) is 37.3. The fourth-order valence-corrected chi connectivity index (χ4v) is 7.39. The zero-order chi connectivity index (χ0) is 43.7. The smallest absolute Gasteiger partial charge is 0.314 e. The van der Waals surface area contributed by atoms with Crippen LogP contribution in [0.5, 0.6) is 0 Å². The van der Waals surface area contributed by atoms with Gasteiger partial charge in [0.1, 0.15) is 26.4 Å². The number of hydrogen-bond donors (Lipinski definition) is 0. The van der Waals surface area contributed by atoms with E-state index < -0.39 is 82.4 Å². The van der Waals surface area contributed by atoms with Crippen LogP contribution in [0, 0.1) is 45.8 Å². The summed E-state index contributed by atoms with van der Waals surface area (Å²) in [5.41, 5.74) is -2.99. The quantitative estimate of drug-likeness (QED) is 0.0531. The van der Waals surface area contributed by atoms with Crippen molar-refractivity contribution in [2.75, 3.05) is 39.6 Å². The molecule has 2 aliphatic heterocycles. The van der Waals surface area contributed by atoms with Crippen molar-refractivity contribution in [1.29, 1.82) is 0 Å². The van der Waals surface area contributed by atoms with Crippen molar-refractivity contribution >= 4 is 35.8 Å². The van der Waals surface area contributed by atoms with Crippen molar-refractivity contribution in [1.82, 2.24) is 0 Å². The van der Waals surface area contributed by atoms with Crippen molar-refractivity contribution < 1.29 is 66.7 Å². The Morgan fingerprint density at radius 2 is 1.00 bits per heavy atom. The Bertz CT molecular complexity index is 1330. The second-order valence-corrected chi connectivity index (χ2v) is 18.0. The number of esters is 6. The van der Waals surface area contributed by atoms with Crippen LogP contribution in [0.25, 0.3) is 0 Å². The molecule has 2 heterocycles. The molecule has 58 heavy (non-hydrogen) atoms. The fraction of sp³-hybridized carbons (Fsp3) is 0.864. The van der Waals surface area contributed by atoms with Crippen LogP contribution in [0.4, 0.5) is 0 Å². The summed E-state index contributed by atoms with van der Waals surface area (Å²) in [7, 11) is 0. The molecule has 0 bridgehead atoms. The molecule has 0 aromatic carbocycles. The number of ether oxygens (including phenoxy) is 8. The van der Waals surface area contributed by atoms with Gasteiger partial charge in [-0.15, -0.1) is 0 Å². The first kappa shape index (κ1) is 50.9. The number of carbonyl (C=O) groups excluding carboxylic acids is 6. The largest absolute Gasteiger partial charge is 0.462 e. The topological polar surface area (TPSA) is 176 Å². The van der Waals surface area contributed by atoms with Gasteiger partial charge in [-0.2, -0.15) is 0 Å². The van der Waals surface area contributed by atoms with E-state index in [2.05, 4.69) is 0 Å². The van der Waals surface area contributed by atoms with E-state index in [4.69, 9.17) is 37.9 Å². The Labute approximate surface area is 346 Å². The predicted octanol–water partition coefficient (Wildman–Crippen LogP) is 7.51. The molecule has 0 spiro atoms. The monoisotopic (exact) mass is 827 g/mol. The van der Waals surface area contributed by atoms with Gasteiger partial charge in [-0.25, -0.2) is 0 Å². The molecule has 7 atom stereocenters. The predicted molar refractivity (Wildman–Crippen MR) is 213 cm³/mol. The number of carbonyl (C=O) groups is 6. The third kappa shape index (κ3) is 16.1. The highest BCUT2D eigenvalue weighted by atomic mass is 16.7. The summed E-state index contributed by atoms with van der Waals surface area (Å²) in [4.78, 5) is 79.1. The summed E-state index contributed by atoms with van der Waals surface area (Å²) < 4.78 is 44.7. The molecule has 0 aromatic heterocycles. The summed E-state index contributed by atoms with van der Waals surface area (Å²) in [6, 6.07) is 0. The van der Waals surface area contributed by atoms with Crippen LogP contribution in [0.2, 0.25) is 0 Å². The van der Waals surface area contributed by atoms with E-state index in [1.165, 1.54) is 0 Å². The van der Waals surface area contributed by atoms with Crippen molar-refractivity contribution in [2.24, 2.45) is 45.8 Å². The summed E-state index contributed by atoms with van der Waals surface area (Å²) >= 11 is 0. The minimum absolute atomic E-state index is 0.0556. The molecule has 0 saturated carbocycles. The van der Waals surface area contributed by atoms with Gasteiger partial charge in [-0.1, -0.05) is 62.3 Å². The molecule has 0 aliphatic carbocycles. The Morgan fingerprint density at radius 3 is 1.40 bits per heavy atom. The lowest BCUT2D eigenvalue weighted by Crippen LogP contribution is -2.44. The lowest BCUT2D eigenvalue weighted by molar-refractivity contribution is -0.201. The van der Waals surface area contributed by atoms with Crippen LogP contribution in [0.1, 0.15) is 147 Å². The Hall–Kier alpha value is -3.26. The molecule has 334 valence electrons. The maximum Gasteiger partial charge on any atom is 0.314 e. The maximum atomic E-state index is 14.1. The van der Waals surface area contributed by atoms with Gasteiger partial charge in [0.2, 0.25) is 12.6 Å². The standard InChI is InChI=1S/C44H74O14/c1-12-34(45)51-22-23-54-37(46)31(7)42(8,9)28-44(11,41(50)58-36-19-15-17-21-53-36)27-33(30(5)6)39(48)56-25-24-55-38(47)32(29(3)4)26-43(10,13-2)40(49)57-35-18-14-16-20-52-35/h29-33,35-36H,12-28H2,1-11H3. The van der Waals surface area contributed by atoms with Crippen LogP contribution in [-0.2, 0) is 66.7 Å². The van der Waals surface area contributed by atoms with Crippen LogP contribution in [0.3, 0.4) is 0 Å². The highest BCUT2D eigenvalue weighted by molar-refractivity contribution is 5.80. The molecular formula is C44H74O14. The molecule has 2 saturated heterocycles. The molecule has 0 N–H and O–H groups in total. The Morgan fingerprint density at radius 1 is 0.586 bits per heavy atom. The second kappa shape index (κ2) is 24.1. The minimum Gasteiger partial charge on any atom is -0.462 e. The van der Waals surface area contributed by atoms with Crippen LogP contribution < -0.4 is 0 Å². The molecule has 0 aromatic rings. The van der Waals surface area contributed by atoms with Gasteiger partial charge < -0.3 is 37.9 Å². The van der Waals surface area contributed by atoms with E-state index in [-0.39, 0.29) is 63.9 Å². The fourth-order valence-electron chi connectivity index (χ4n) is 7.39. The average Bonchev–Trinajstić information content (AvgIpc) is 3.18. The summed E-state index contributed by atoms with van der Waals surface area (Å²) in [5, 5.41) is 0. The third-order valence-electron chi connectivity index (χ3n) is 11.9. The summed E-state index contributed by atoms with van der Waals surface area (Å²) in [5.74, 6) is -5.31. The van der Waals surface area contributed by atoms with E-state index in [1.807, 2.05) is 48.5 Å². The van der Waals surface area contributed by atoms with E-state index in [0.29, 0.717) is 32.5 Å². The third-order valence-corrected chi connectivity index (χ3v) is 11.9. The van der Waals surface area contributed by atoms with Gasteiger partial charge in [0.25, 0.3) is 0 Å². The van der Waals surface area contributed by atoms with Crippen molar-refractivity contribution in [2.45, 2.75) is 159 Å². The number of hydrogen-bond acceptors (Lipinski definition) is 14. The molecule has 2 fully saturated rings. The highest BCUT2D eigenvalue weighted by Gasteiger charge is 2.48. The van der Waals surface area contributed by atoms with Crippen molar-refractivity contribution in [3.63, 3.8) is 0 Å². The van der Waals surface area contributed by atoms with E-state index in [0.717, 1.165) is 25.7 Å². The van der Waals surface area contributed by atoms with Crippen LogP contribution in [0.15, 0.2) is 0 Å². The van der Waals surface area contributed by atoms with Crippen molar-refractivity contribution in [3.05, 3.63) is 0 Å². The SMILES string of the molecule is CCC(=O)OCCOC(=O)C(C)C(C)(C)CC(C)(CC(C(=O)OCCOC(=O)C(CC(C)(CC)C(=O)OC1CCCCO1)C(C)C)C(C)C)C(=O)OC1CCCCO1. The molecular weight excluding hydrogens is 752 g/mol. The minimum atomic E-state index is -1.25. The van der Waals surface area contributed by atoms with Gasteiger partial charge in [0.15, 0.2) is 0 Å². The molecule has 14 heteroatoms. The molecule has 0 amide bonds. The lowest BCUT2D eigenvalue weighted by atomic mass is 9.64. The van der Waals surface area contributed by atoms with Crippen molar-refractivity contribution in [3.8, 4) is 0 Å².